The number of fused-ring (bicyclic) bond motifs is 11. The average Bonchev–Trinajstić information content (AvgIpc) is 3.85. The highest BCUT2D eigenvalue weighted by Crippen LogP contribution is 2.89. The Kier molecular flexibility index (Phi) is 6.59. The van der Waals surface area contributed by atoms with Gasteiger partial charge in [-0.05, 0) is 148 Å². The van der Waals surface area contributed by atoms with E-state index in [1.807, 2.05) is 0 Å². The fourth-order valence-corrected chi connectivity index (χ4v) is 15.2. The van der Waals surface area contributed by atoms with Crippen LogP contribution in [0, 0.1) is 29.1 Å². The highest BCUT2D eigenvalue weighted by atomic mass is 16.5. The molecule has 0 saturated heterocycles. The second-order valence-corrected chi connectivity index (χ2v) is 21.6. The van der Waals surface area contributed by atoms with E-state index < -0.39 is 0 Å². The zero-order valence-corrected chi connectivity index (χ0v) is 35.5. The topological polar surface area (TPSA) is 12.5 Å². The van der Waals surface area contributed by atoms with Crippen molar-refractivity contribution in [2.75, 3.05) is 4.90 Å². The van der Waals surface area contributed by atoms with Crippen molar-refractivity contribution in [3.05, 3.63) is 161 Å². The maximum atomic E-state index is 7.55. The van der Waals surface area contributed by atoms with Crippen LogP contribution in [0.3, 0.4) is 0 Å². The third kappa shape index (κ3) is 4.15. The molecule has 2 nitrogen and oxygen atoms in total. The van der Waals surface area contributed by atoms with E-state index in [9.17, 15) is 0 Å². The van der Waals surface area contributed by atoms with Crippen LogP contribution in [0.2, 0.25) is 0 Å². The molecule has 4 fully saturated rings. The summed E-state index contributed by atoms with van der Waals surface area (Å²) < 4.78 is 7.55. The molecule has 6 unspecified atom stereocenters. The zero-order chi connectivity index (χ0) is 39.8. The predicted octanol–water partition coefficient (Wildman–Crippen LogP) is 14.9. The van der Waals surface area contributed by atoms with Crippen LogP contribution in [-0.4, -0.2) is 0 Å². The molecule has 6 aromatic carbocycles. The number of benzene rings is 6. The first-order chi connectivity index (χ1) is 28.4. The molecule has 6 aliphatic carbocycles. The maximum Gasteiger partial charge on any atom is 0.156 e. The summed E-state index contributed by atoms with van der Waals surface area (Å²) in [6, 6.07) is 49.1. The van der Waals surface area contributed by atoms with Crippen LogP contribution in [0.15, 0.2) is 127 Å². The van der Waals surface area contributed by atoms with Crippen LogP contribution in [0.1, 0.15) is 113 Å². The normalized spacial score (nSPS) is 29.5. The molecule has 0 radical (unpaired) electrons. The SMILES string of the molecule is CC1(C)CCC(C)(C)c2cc(N(c3ccc4c(c3)C(C)(C)c3ccccc3-4)c3c(-c4ccccc4)ccc4c3Oc3ccccc3C43C4CC5CC6CC3C64C5)ccc21. The summed E-state index contributed by atoms with van der Waals surface area (Å²) >= 11 is 0. The Morgan fingerprint density at radius 2 is 1.15 bits per heavy atom. The van der Waals surface area contributed by atoms with Crippen LogP contribution in [0.5, 0.6) is 11.5 Å². The number of rotatable bonds is 4. The van der Waals surface area contributed by atoms with Crippen molar-refractivity contribution in [1.29, 1.82) is 0 Å². The summed E-state index contributed by atoms with van der Waals surface area (Å²) in [5.74, 6) is 5.28. The van der Waals surface area contributed by atoms with E-state index in [1.165, 1.54) is 111 Å². The zero-order valence-electron chi connectivity index (χ0n) is 35.5. The van der Waals surface area contributed by atoms with Crippen molar-refractivity contribution in [2.45, 2.75) is 102 Å². The van der Waals surface area contributed by atoms with Gasteiger partial charge in [0.2, 0.25) is 0 Å². The maximum absolute atomic E-state index is 7.55. The van der Waals surface area contributed by atoms with Crippen LogP contribution in [-0.2, 0) is 21.7 Å². The quantitative estimate of drug-likeness (QED) is 0.177. The number of para-hydroxylation sites is 1. The van der Waals surface area contributed by atoms with E-state index in [-0.39, 0.29) is 21.7 Å². The summed E-state index contributed by atoms with van der Waals surface area (Å²) in [5.41, 5.74) is 17.9. The molecule has 2 bridgehead atoms. The summed E-state index contributed by atoms with van der Waals surface area (Å²) in [6.45, 7) is 14.6. The highest BCUT2D eigenvalue weighted by Gasteiger charge is 2.84. The number of nitrogens with zero attached hydrogens (tertiary/aromatic N) is 1. The molecule has 59 heavy (non-hydrogen) atoms. The first kappa shape index (κ1) is 34.8. The number of ether oxygens (including phenoxy) is 1. The molecule has 7 aliphatic rings. The van der Waals surface area contributed by atoms with Gasteiger partial charge in [0, 0.05) is 38.9 Å². The number of anilines is 3. The minimum Gasteiger partial charge on any atom is -0.454 e. The Morgan fingerprint density at radius 3 is 1.95 bits per heavy atom. The number of hydrogen-bond donors (Lipinski definition) is 0. The molecule has 13 rings (SSSR count). The van der Waals surface area contributed by atoms with Crippen molar-refractivity contribution < 1.29 is 4.74 Å². The van der Waals surface area contributed by atoms with Crippen molar-refractivity contribution in [1.82, 2.24) is 0 Å². The second kappa shape index (κ2) is 11.2. The standard InChI is InChI=1S/C57H55NO/c1-53(2)26-27-54(3,4)47-32-38(21-24-43(47)53)58(37-20-22-41-40-16-10-11-17-42(40)55(5,6)46(41)31-37)51-39(35-14-8-7-9-15-35)23-25-45-52(51)59-48-19-13-12-18-44(48)57(45)49-29-34-28-36-30-50(57)56(36,49)33-34/h7-25,31-32,34,36,49-50H,26-30,33H2,1-6H3. The minimum atomic E-state index is -0.129. The van der Waals surface area contributed by atoms with E-state index >= 15 is 0 Å². The molecule has 0 N–H and O–H groups in total. The first-order valence-corrected chi connectivity index (χ1v) is 22.6. The second-order valence-electron chi connectivity index (χ2n) is 21.6. The monoisotopic (exact) mass is 769 g/mol. The summed E-state index contributed by atoms with van der Waals surface area (Å²) in [7, 11) is 0. The van der Waals surface area contributed by atoms with Gasteiger partial charge in [0.15, 0.2) is 5.75 Å². The van der Waals surface area contributed by atoms with Crippen LogP contribution in [0.4, 0.5) is 17.1 Å². The van der Waals surface area contributed by atoms with E-state index in [0.717, 1.165) is 23.3 Å². The van der Waals surface area contributed by atoms with E-state index in [0.29, 0.717) is 17.3 Å². The van der Waals surface area contributed by atoms with Gasteiger partial charge in [-0.1, -0.05) is 139 Å². The molecule has 4 saturated carbocycles. The fraction of sp³-hybridized carbons (Fsp3) is 0.368. The van der Waals surface area contributed by atoms with Gasteiger partial charge >= 0.3 is 0 Å². The summed E-state index contributed by atoms with van der Waals surface area (Å²) in [5, 5.41) is 0. The molecular weight excluding hydrogens is 715 g/mol. The minimum absolute atomic E-state index is 0.0189. The Balaban J connectivity index is 1.12. The van der Waals surface area contributed by atoms with Crippen LogP contribution in [0.25, 0.3) is 22.3 Å². The molecular formula is C57H55NO. The fourth-order valence-electron chi connectivity index (χ4n) is 15.2. The molecule has 6 aromatic rings. The molecule has 294 valence electrons. The first-order valence-electron chi connectivity index (χ1n) is 22.6. The molecule has 1 aliphatic heterocycles. The van der Waals surface area contributed by atoms with Gasteiger partial charge in [-0.15, -0.1) is 0 Å². The van der Waals surface area contributed by atoms with E-state index in [4.69, 9.17) is 4.74 Å². The van der Waals surface area contributed by atoms with Crippen molar-refractivity contribution >= 4 is 17.1 Å². The van der Waals surface area contributed by atoms with Gasteiger partial charge in [-0.25, -0.2) is 0 Å². The van der Waals surface area contributed by atoms with Gasteiger partial charge in [-0.3, -0.25) is 0 Å². The molecule has 1 heterocycles. The molecule has 6 atom stereocenters. The lowest BCUT2D eigenvalue weighted by molar-refractivity contribution is -0.235. The molecule has 2 spiro atoms. The summed E-state index contributed by atoms with van der Waals surface area (Å²) in [6.07, 6.45) is 7.99. The molecule has 0 aromatic heterocycles. The van der Waals surface area contributed by atoms with Crippen LogP contribution < -0.4 is 9.64 Å². The van der Waals surface area contributed by atoms with Gasteiger partial charge in [0.25, 0.3) is 0 Å². The molecule has 2 heteroatoms. The van der Waals surface area contributed by atoms with Crippen molar-refractivity contribution in [3.63, 3.8) is 0 Å². The average molecular weight is 770 g/mol. The van der Waals surface area contributed by atoms with E-state index in [1.54, 1.807) is 0 Å². The third-order valence-corrected chi connectivity index (χ3v) is 17.9. The van der Waals surface area contributed by atoms with E-state index in [2.05, 4.69) is 174 Å². The van der Waals surface area contributed by atoms with Gasteiger partial charge in [0.05, 0.1) is 5.69 Å². The lowest BCUT2D eigenvalue weighted by atomic mass is 9.26. The molecule has 0 amide bonds. The van der Waals surface area contributed by atoms with Crippen molar-refractivity contribution in [2.24, 2.45) is 29.1 Å². The predicted molar refractivity (Wildman–Crippen MR) is 242 cm³/mol. The number of hydrogen-bond acceptors (Lipinski definition) is 2. The summed E-state index contributed by atoms with van der Waals surface area (Å²) in [4.78, 5) is 2.62. The third-order valence-electron chi connectivity index (χ3n) is 17.9. The lowest BCUT2D eigenvalue weighted by Gasteiger charge is -2.77. The largest absolute Gasteiger partial charge is 0.454 e. The van der Waals surface area contributed by atoms with Gasteiger partial charge in [-0.2, -0.15) is 0 Å². The van der Waals surface area contributed by atoms with Crippen molar-refractivity contribution in [3.8, 4) is 33.8 Å². The smallest absolute Gasteiger partial charge is 0.156 e. The lowest BCUT2D eigenvalue weighted by Crippen LogP contribution is -2.74. The Morgan fingerprint density at radius 1 is 0.525 bits per heavy atom. The van der Waals surface area contributed by atoms with Gasteiger partial charge < -0.3 is 9.64 Å². The van der Waals surface area contributed by atoms with Gasteiger partial charge in [0.1, 0.15) is 5.75 Å². The Hall–Kier alpha value is -5.08. The van der Waals surface area contributed by atoms with Crippen LogP contribution >= 0.6 is 0 Å². The highest BCUT2D eigenvalue weighted by molar-refractivity contribution is 5.95. The Bertz CT molecular complexity index is 2790. The Labute approximate surface area is 350 Å².